The molecule has 0 aliphatic heterocycles. The van der Waals surface area contributed by atoms with Gasteiger partial charge in [-0.15, -0.1) is 0 Å². The second kappa shape index (κ2) is 7.24. The molecule has 1 unspecified atom stereocenters. The molecule has 0 fully saturated rings. The van der Waals surface area contributed by atoms with Crippen molar-refractivity contribution in [3.8, 4) is 0 Å². The monoisotopic (exact) mass is 314 g/mol. The molecule has 0 saturated carbocycles. The second-order valence-corrected chi connectivity index (χ2v) is 6.78. The molecule has 0 bridgehead atoms. The highest BCUT2D eigenvalue weighted by Crippen LogP contribution is 2.11. The highest BCUT2D eigenvalue weighted by Gasteiger charge is 2.17. The minimum absolute atomic E-state index is 0.0608. The van der Waals surface area contributed by atoms with Gasteiger partial charge in [-0.2, -0.15) is 0 Å². The lowest BCUT2D eigenvalue weighted by molar-refractivity contribution is -0.121. The van der Waals surface area contributed by atoms with Gasteiger partial charge in [0.05, 0.1) is 11.1 Å². The Morgan fingerprint density at radius 1 is 1.31 bits per heavy atom. The molecule has 16 heavy (non-hydrogen) atoms. The van der Waals surface area contributed by atoms with Crippen molar-refractivity contribution >= 4 is 31.9 Å². The summed E-state index contributed by atoms with van der Waals surface area (Å²) in [6.45, 7) is 4.71. The summed E-state index contributed by atoms with van der Waals surface area (Å²) in [5.41, 5.74) is 0. The summed E-state index contributed by atoms with van der Waals surface area (Å²) in [5.74, 6) is 0.170. The molecule has 1 amide bonds. The first-order valence-corrected chi connectivity index (χ1v) is 7.91. The highest BCUT2D eigenvalue weighted by atomic mass is 79.9. The minimum Gasteiger partial charge on any atom is -0.355 e. The summed E-state index contributed by atoms with van der Waals surface area (Å²) >= 11 is 3.28. The molecule has 7 heteroatoms. The summed E-state index contributed by atoms with van der Waals surface area (Å²) in [5, 5.41) is 2.73. The average Bonchev–Trinajstić information content (AvgIpc) is 2.13. The van der Waals surface area contributed by atoms with Crippen molar-refractivity contribution in [2.75, 3.05) is 19.3 Å². The van der Waals surface area contributed by atoms with Crippen LogP contribution in [0.25, 0.3) is 0 Å². The van der Waals surface area contributed by atoms with Crippen LogP contribution in [0.2, 0.25) is 0 Å². The molecule has 0 saturated heterocycles. The Morgan fingerprint density at radius 3 is 2.31 bits per heavy atom. The van der Waals surface area contributed by atoms with Gasteiger partial charge in [0.15, 0.2) is 0 Å². The molecule has 1 atom stereocenters. The van der Waals surface area contributed by atoms with Gasteiger partial charge in [-0.3, -0.25) is 4.79 Å². The molecule has 0 aliphatic carbocycles. The van der Waals surface area contributed by atoms with Gasteiger partial charge >= 0.3 is 0 Å². The zero-order valence-corrected chi connectivity index (χ0v) is 12.2. The van der Waals surface area contributed by atoms with E-state index in [1.54, 1.807) is 0 Å². The zero-order chi connectivity index (χ0) is 12.8. The Balaban J connectivity index is 3.64. The van der Waals surface area contributed by atoms with Crippen LogP contribution in [0.15, 0.2) is 0 Å². The Morgan fingerprint density at radius 2 is 1.88 bits per heavy atom. The van der Waals surface area contributed by atoms with E-state index in [0.29, 0.717) is 19.5 Å². The first-order chi connectivity index (χ1) is 7.24. The van der Waals surface area contributed by atoms with Crippen LogP contribution >= 0.6 is 15.9 Å². The molecule has 5 nitrogen and oxygen atoms in total. The van der Waals surface area contributed by atoms with Gasteiger partial charge in [0.2, 0.25) is 15.9 Å². The van der Waals surface area contributed by atoms with Crippen LogP contribution in [-0.2, 0) is 14.8 Å². The van der Waals surface area contributed by atoms with Crippen molar-refractivity contribution in [3.05, 3.63) is 0 Å². The van der Waals surface area contributed by atoms with Crippen LogP contribution in [0.1, 0.15) is 20.3 Å². The van der Waals surface area contributed by atoms with Crippen LogP contribution in [0.3, 0.4) is 0 Å². The molecule has 0 heterocycles. The topological polar surface area (TPSA) is 75.3 Å². The van der Waals surface area contributed by atoms with Crippen LogP contribution in [-0.4, -0.2) is 38.5 Å². The predicted molar refractivity (Wildman–Crippen MR) is 68.0 cm³/mol. The maximum atomic E-state index is 11.4. The van der Waals surface area contributed by atoms with E-state index in [4.69, 9.17) is 0 Å². The number of carbonyl (C=O) groups is 1. The second-order valence-electron chi connectivity index (χ2n) is 3.96. The number of alkyl halides is 1. The van der Waals surface area contributed by atoms with E-state index < -0.39 is 10.0 Å². The van der Waals surface area contributed by atoms with Crippen molar-refractivity contribution in [2.45, 2.75) is 25.1 Å². The molecular formula is C9H19BrN2O3S. The average molecular weight is 315 g/mol. The van der Waals surface area contributed by atoms with Gasteiger partial charge in [0, 0.05) is 13.1 Å². The zero-order valence-electron chi connectivity index (χ0n) is 9.79. The van der Waals surface area contributed by atoms with E-state index >= 15 is 0 Å². The highest BCUT2D eigenvalue weighted by molar-refractivity contribution is 9.10. The molecule has 2 N–H and O–H groups in total. The van der Waals surface area contributed by atoms with Crippen molar-refractivity contribution in [3.63, 3.8) is 0 Å². The fourth-order valence-electron chi connectivity index (χ4n) is 0.958. The first kappa shape index (κ1) is 15.9. The van der Waals surface area contributed by atoms with E-state index in [-0.39, 0.29) is 16.7 Å². The van der Waals surface area contributed by atoms with Crippen molar-refractivity contribution < 1.29 is 13.2 Å². The van der Waals surface area contributed by atoms with E-state index in [2.05, 4.69) is 26.0 Å². The number of hydrogen-bond acceptors (Lipinski definition) is 3. The summed E-state index contributed by atoms with van der Waals surface area (Å²) in [7, 11) is -3.13. The Bertz CT molecular complexity index is 317. The predicted octanol–water partition coefficient (Wildman–Crippen LogP) is 0.461. The van der Waals surface area contributed by atoms with Gasteiger partial charge in [-0.1, -0.05) is 29.8 Å². The normalized spacial score (nSPS) is 13.8. The number of halogens is 1. The van der Waals surface area contributed by atoms with Gasteiger partial charge in [-0.25, -0.2) is 13.1 Å². The maximum Gasteiger partial charge on any atom is 0.234 e. The van der Waals surface area contributed by atoms with Crippen LogP contribution in [0, 0.1) is 5.92 Å². The number of carbonyl (C=O) groups excluding carboxylic acids is 1. The molecule has 0 aromatic carbocycles. The fourth-order valence-corrected chi connectivity index (χ4v) is 1.63. The molecule has 0 spiro atoms. The number of sulfonamides is 1. The van der Waals surface area contributed by atoms with Gasteiger partial charge in [0.25, 0.3) is 0 Å². The number of amides is 1. The van der Waals surface area contributed by atoms with Crippen LogP contribution in [0.5, 0.6) is 0 Å². The van der Waals surface area contributed by atoms with Crippen LogP contribution < -0.4 is 10.0 Å². The fraction of sp³-hybridized carbons (Fsp3) is 0.889. The number of hydrogen-bond donors (Lipinski definition) is 2. The quantitative estimate of drug-likeness (QED) is 0.529. The van der Waals surface area contributed by atoms with E-state index in [1.165, 1.54) is 0 Å². The summed E-state index contributed by atoms with van der Waals surface area (Å²) in [6.07, 6.45) is 1.69. The summed E-state index contributed by atoms with van der Waals surface area (Å²) < 4.78 is 23.8. The Kier molecular flexibility index (Phi) is 7.17. The van der Waals surface area contributed by atoms with E-state index in [0.717, 1.165) is 6.26 Å². The Hall–Kier alpha value is -0.140. The lowest BCUT2D eigenvalue weighted by atomic mass is 10.1. The summed E-state index contributed by atoms with van der Waals surface area (Å²) in [4.78, 5) is 11.2. The standard InChI is InChI=1S/C9H19BrN2O3S/c1-7(2)8(10)9(13)11-5-4-6-12-16(3,14)15/h7-8,12H,4-6H2,1-3H3,(H,11,13). The van der Waals surface area contributed by atoms with Crippen molar-refractivity contribution in [1.29, 1.82) is 0 Å². The first-order valence-electron chi connectivity index (χ1n) is 5.10. The van der Waals surface area contributed by atoms with Crippen molar-refractivity contribution in [1.82, 2.24) is 10.0 Å². The lowest BCUT2D eigenvalue weighted by Gasteiger charge is -2.13. The maximum absolute atomic E-state index is 11.4. The summed E-state index contributed by atoms with van der Waals surface area (Å²) in [6, 6.07) is 0. The molecule has 0 rings (SSSR count). The smallest absolute Gasteiger partial charge is 0.234 e. The third-order valence-electron chi connectivity index (χ3n) is 1.85. The van der Waals surface area contributed by atoms with Crippen LogP contribution in [0.4, 0.5) is 0 Å². The molecule has 0 aromatic rings. The molecule has 0 aliphatic rings. The molecule has 0 radical (unpaired) electrons. The largest absolute Gasteiger partial charge is 0.355 e. The SMILES string of the molecule is CC(C)C(Br)C(=O)NCCCNS(C)(=O)=O. The molecular weight excluding hydrogens is 296 g/mol. The third kappa shape index (κ3) is 8.06. The lowest BCUT2D eigenvalue weighted by Crippen LogP contribution is -2.35. The van der Waals surface area contributed by atoms with Gasteiger partial charge < -0.3 is 5.32 Å². The van der Waals surface area contributed by atoms with Gasteiger partial charge in [-0.05, 0) is 12.3 Å². The molecule has 96 valence electrons. The minimum atomic E-state index is -3.13. The van der Waals surface area contributed by atoms with E-state index in [1.807, 2.05) is 13.8 Å². The number of nitrogens with one attached hydrogen (secondary N) is 2. The Labute approximate surface area is 106 Å². The van der Waals surface area contributed by atoms with Crippen molar-refractivity contribution in [2.24, 2.45) is 5.92 Å². The van der Waals surface area contributed by atoms with E-state index in [9.17, 15) is 13.2 Å². The third-order valence-corrected chi connectivity index (χ3v) is 4.05. The van der Waals surface area contributed by atoms with Gasteiger partial charge in [0.1, 0.15) is 0 Å². The molecule has 0 aromatic heterocycles. The number of rotatable bonds is 7.